The molecular formula is C22H23N5. The van der Waals surface area contributed by atoms with Gasteiger partial charge < -0.3 is 9.88 Å². The predicted octanol–water partition coefficient (Wildman–Crippen LogP) is 4.60. The van der Waals surface area contributed by atoms with Crippen LogP contribution in [0.4, 0.5) is 5.82 Å². The van der Waals surface area contributed by atoms with Crippen molar-refractivity contribution in [3.8, 4) is 11.3 Å². The molecule has 0 aliphatic rings. The molecule has 136 valence electrons. The zero-order valence-electron chi connectivity index (χ0n) is 15.3. The number of hydrogen-bond acceptors (Lipinski definition) is 4. The second kappa shape index (κ2) is 9.29. The number of imidazole rings is 1. The third kappa shape index (κ3) is 5.01. The van der Waals surface area contributed by atoms with E-state index >= 15 is 0 Å². The van der Waals surface area contributed by atoms with Gasteiger partial charge in [0.1, 0.15) is 5.82 Å². The number of aryl methyl sites for hydroxylation is 1. The quantitative estimate of drug-likeness (QED) is 0.449. The summed E-state index contributed by atoms with van der Waals surface area (Å²) in [6.45, 7) is 9.34. The lowest BCUT2D eigenvalue weighted by Gasteiger charge is -2.11. The SMILES string of the molecule is C=C/C=C(\C=C)c1nc(NCCCn2ccnc2)cc(-c2ccccc2)n1. The van der Waals surface area contributed by atoms with Crippen molar-refractivity contribution >= 4 is 11.4 Å². The summed E-state index contributed by atoms with van der Waals surface area (Å²) in [4.78, 5) is 13.4. The van der Waals surface area contributed by atoms with Crippen LogP contribution in [-0.2, 0) is 6.54 Å². The number of benzene rings is 1. The molecule has 0 aliphatic heterocycles. The Bertz CT molecular complexity index is 911. The fraction of sp³-hybridized carbons (Fsp3) is 0.136. The Morgan fingerprint density at radius 2 is 2.00 bits per heavy atom. The van der Waals surface area contributed by atoms with Crippen molar-refractivity contribution in [1.82, 2.24) is 19.5 Å². The van der Waals surface area contributed by atoms with Crippen molar-refractivity contribution in [2.75, 3.05) is 11.9 Å². The van der Waals surface area contributed by atoms with E-state index in [1.54, 1.807) is 18.3 Å². The zero-order valence-corrected chi connectivity index (χ0v) is 15.3. The molecule has 27 heavy (non-hydrogen) atoms. The average molecular weight is 357 g/mol. The van der Waals surface area contributed by atoms with Crippen LogP contribution in [0, 0.1) is 0 Å². The normalized spacial score (nSPS) is 11.2. The number of aromatic nitrogens is 4. The highest BCUT2D eigenvalue weighted by molar-refractivity contribution is 5.73. The highest BCUT2D eigenvalue weighted by Gasteiger charge is 2.08. The van der Waals surface area contributed by atoms with Crippen molar-refractivity contribution in [2.45, 2.75) is 13.0 Å². The smallest absolute Gasteiger partial charge is 0.162 e. The molecule has 0 fully saturated rings. The van der Waals surface area contributed by atoms with Crippen LogP contribution in [0.3, 0.4) is 0 Å². The fourth-order valence-corrected chi connectivity index (χ4v) is 2.68. The summed E-state index contributed by atoms with van der Waals surface area (Å²) < 4.78 is 2.06. The number of allylic oxidation sites excluding steroid dienone is 4. The Kier molecular flexibility index (Phi) is 6.30. The van der Waals surface area contributed by atoms with Crippen LogP contribution in [0.1, 0.15) is 12.2 Å². The van der Waals surface area contributed by atoms with Crippen molar-refractivity contribution in [3.63, 3.8) is 0 Å². The maximum Gasteiger partial charge on any atom is 0.162 e. The van der Waals surface area contributed by atoms with Crippen molar-refractivity contribution in [1.29, 1.82) is 0 Å². The van der Waals surface area contributed by atoms with E-state index in [-0.39, 0.29) is 0 Å². The van der Waals surface area contributed by atoms with E-state index in [0.29, 0.717) is 5.82 Å². The third-order valence-electron chi connectivity index (χ3n) is 4.03. The number of nitrogens with one attached hydrogen (secondary N) is 1. The molecule has 0 saturated carbocycles. The molecule has 1 aromatic carbocycles. The van der Waals surface area contributed by atoms with Gasteiger partial charge in [-0.05, 0) is 6.42 Å². The van der Waals surface area contributed by atoms with Crippen molar-refractivity contribution in [2.24, 2.45) is 0 Å². The van der Waals surface area contributed by atoms with Gasteiger partial charge in [-0.15, -0.1) is 0 Å². The summed E-state index contributed by atoms with van der Waals surface area (Å²) in [5, 5.41) is 3.41. The summed E-state index contributed by atoms with van der Waals surface area (Å²) in [6, 6.07) is 12.1. The summed E-state index contributed by atoms with van der Waals surface area (Å²) in [5.74, 6) is 1.42. The van der Waals surface area contributed by atoms with Crippen LogP contribution in [-0.4, -0.2) is 26.1 Å². The van der Waals surface area contributed by atoms with Gasteiger partial charge >= 0.3 is 0 Å². The number of nitrogens with zero attached hydrogens (tertiary/aromatic N) is 4. The molecule has 0 amide bonds. The van der Waals surface area contributed by atoms with Gasteiger partial charge in [0.15, 0.2) is 5.82 Å². The Hall–Kier alpha value is -3.47. The summed E-state index contributed by atoms with van der Waals surface area (Å²) in [6.07, 6.45) is 11.9. The minimum Gasteiger partial charge on any atom is -0.370 e. The van der Waals surface area contributed by atoms with Gasteiger partial charge in [-0.2, -0.15) is 0 Å². The first-order valence-electron chi connectivity index (χ1n) is 8.90. The van der Waals surface area contributed by atoms with Crippen LogP contribution in [0.15, 0.2) is 86.5 Å². The molecule has 5 heteroatoms. The summed E-state index contributed by atoms with van der Waals surface area (Å²) >= 11 is 0. The monoisotopic (exact) mass is 357 g/mol. The van der Waals surface area contributed by atoms with E-state index in [1.165, 1.54) is 0 Å². The van der Waals surface area contributed by atoms with E-state index in [0.717, 1.165) is 42.2 Å². The Balaban J connectivity index is 1.82. The van der Waals surface area contributed by atoms with Gasteiger partial charge in [-0.1, -0.05) is 61.7 Å². The molecule has 0 radical (unpaired) electrons. The van der Waals surface area contributed by atoms with E-state index < -0.39 is 0 Å². The summed E-state index contributed by atoms with van der Waals surface area (Å²) in [5.41, 5.74) is 2.75. The van der Waals surface area contributed by atoms with Crippen LogP contribution < -0.4 is 5.32 Å². The molecule has 0 unspecified atom stereocenters. The number of rotatable bonds is 9. The average Bonchev–Trinajstić information content (AvgIpc) is 3.23. The molecule has 1 N–H and O–H groups in total. The van der Waals surface area contributed by atoms with Crippen molar-refractivity contribution < 1.29 is 0 Å². The van der Waals surface area contributed by atoms with Gasteiger partial charge in [-0.25, -0.2) is 15.0 Å². The molecule has 0 saturated heterocycles. The highest BCUT2D eigenvalue weighted by atomic mass is 15.0. The van der Waals surface area contributed by atoms with Gasteiger partial charge in [0.05, 0.1) is 12.0 Å². The van der Waals surface area contributed by atoms with E-state index in [2.05, 4.69) is 33.0 Å². The van der Waals surface area contributed by atoms with Gasteiger partial charge in [-0.3, -0.25) is 0 Å². The molecule has 0 bridgehead atoms. The lowest BCUT2D eigenvalue weighted by molar-refractivity contribution is 0.660. The molecule has 3 aromatic rings. The second-order valence-electron chi connectivity index (χ2n) is 5.97. The first kappa shape index (κ1) is 18.3. The van der Waals surface area contributed by atoms with Gasteiger partial charge in [0, 0.05) is 42.7 Å². The standard InChI is InChI=1S/C22H23N5/c1-3-9-18(4-2)22-25-20(19-10-6-5-7-11-19)16-21(26-22)24-12-8-14-27-15-13-23-17-27/h3-7,9-11,13,15-17H,1-2,8,12,14H2,(H,24,25,26)/b18-9+. The fourth-order valence-electron chi connectivity index (χ4n) is 2.68. The second-order valence-corrected chi connectivity index (χ2v) is 5.97. The molecular weight excluding hydrogens is 334 g/mol. The lowest BCUT2D eigenvalue weighted by atomic mass is 10.1. The number of anilines is 1. The lowest BCUT2D eigenvalue weighted by Crippen LogP contribution is -2.09. The van der Waals surface area contributed by atoms with Crippen LogP contribution in [0.25, 0.3) is 16.8 Å². The van der Waals surface area contributed by atoms with E-state index in [4.69, 9.17) is 4.98 Å². The first-order valence-corrected chi connectivity index (χ1v) is 8.90. The van der Waals surface area contributed by atoms with Crippen molar-refractivity contribution in [3.05, 3.63) is 92.3 Å². The van der Waals surface area contributed by atoms with Crippen LogP contribution in [0.5, 0.6) is 0 Å². The largest absolute Gasteiger partial charge is 0.370 e. The minimum atomic E-state index is 0.628. The van der Waals surface area contributed by atoms with Gasteiger partial charge in [0.2, 0.25) is 0 Å². The minimum absolute atomic E-state index is 0.628. The third-order valence-corrected chi connectivity index (χ3v) is 4.03. The highest BCUT2D eigenvalue weighted by Crippen LogP contribution is 2.23. The maximum atomic E-state index is 4.71. The molecule has 2 heterocycles. The van der Waals surface area contributed by atoms with Crippen LogP contribution in [0.2, 0.25) is 0 Å². The first-order chi connectivity index (χ1) is 13.3. The van der Waals surface area contributed by atoms with E-state index in [1.807, 2.05) is 55.0 Å². The van der Waals surface area contributed by atoms with Gasteiger partial charge in [0.25, 0.3) is 0 Å². The Labute approximate surface area is 159 Å². The topological polar surface area (TPSA) is 55.6 Å². The molecule has 5 nitrogen and oxygen atoms in total. The summed E-state index contributed by atoms with van der Waals surface area (Å²) in [7, 11) is 0. The Morgan fingerprint density at radius 3 is 2.70 bits per heavy atom. The predicted molar refractivity (Wildman–Crippen MR) is 111 cm³/mol. The zero-order chi connectivity index (χ0) is 18.9. The molecule has 3 rings (SSSR count). The Morgan fingerprint density at radius 1 is 1.15 bits per heavy atom. The molecule has 0 spiro atoms. The van der Waals surface area contributed by atoms with E-state index in [9.17, 15) is 0 Å². The molecule has 0 aliphatic carbocycles. The number of hydrogen-bond donors (Lipinski definition) is 1. The molecule has 0 atom stereocenters. The van der Waals surface area contributed by atoms with Crippen LogP contribution >= 0.6 is 0 Å². The maximum absolute atomic E-state index is 4.71. The molecule has 2 aromatic heterocycles.